The molecule has 0 atom stereocenters. The Morgan fingerprint density at radius 1 is 1.06 bits per heavy atom. The molecule has 0 saturated carbocycles. The number of esters is 1. The van der Waals surface area contributed by atoms with Crippen molar-refractivity contribution in [3.63, 3.8) is 0 Å². The van der Waals surface area contributed by atoms with Crippen LogP contribution in [0.25, 0.3) is 10.2 Å². The minimum Gasteiger partial charge on any atom is -0.468 e. The number of benzene rings is 3. The highest BCUT2D eigenvalue weighted by Crippen LogP contribution is 2.23. The number of aromatic nitrogens is 1. The van der Waals surface area contributed by atoms with Crippen molar-refractivity contribution in [3.05, 3.63) is 88.2 Å². The van der Waals surface area contributed by atoms with Crippen LogP contribution in [0.2, 0.25) is 5.02 Å². The van der Waals surface area contributed by atoms with Gasteiger partial charge in [0.25, 0.3) is 15.9 Å². The monoisotopic (exact) mass is 529 g/mol. The second-order valence-electron chi connectivity index (χ2n) is 7.41. The highest BCUT2D eigenvalue weighted by molar-refractivity contribution is 7.92. The van der Waals surface area contributed by atoms with E-state index in [9.17, 15) is 18.0 Å². The van der Waals surface area contributed by atoms with Gasteiger partial charge in [-0.05, 0) is 54.6 Å². The molecule has 180 valence electrons. The quantitative estimate of drug-likeness (QED) is 0.350. The number of ether oxygens (including phenoxy) is 1. The summed E-state index contributed by atoms with van der Waals surface area (Å²) in [7, 11) is -1.07. The van der Waals surface area contributed by atoms with Gasteiger partial charge in [-0.1, -0.05) is 41.1 Å². The summed E-state index contributed by atoms with van der Waals surface area (Å²) in [5.74, 6) is -1.08. The molecule has 3 aromatic carbocycles. The van der Waals surface area contributed by atoms with Crippen LogP contribution in [-0.4, -0.2) is 39.0 Å². The van der Waals surface area contributed by atoms with Crippen molar-refractivity contribution in [2.75, 3.05) is 18.5 Å². The Hall–Kier alpha value is -3.47. The molecule has 8 nitrogen and oxygen atoms in total. The van der Waals surface area contributed by atoms with E-state index in [1.165, 1.54) is 54.1 Å². The fourth-order valence-corrected chi connectivity index (χ4v) is 5.83. The van der Waals surface area contributed by atoms with Crippen LogP contribution in [0.15, 0.2) is 82.7 Å². The topological polar surface area (TPSA) is 98.0 Å². The van der Waals surface area contributed by atoms with Crippen LogP contribution in [-0.2, 0) is 26.1 Å². The normalized spacial score (nSPS) is 12.0. The van der Waals surface area contributed by atoms with Gasteiger partial charge >= 0.3 is 5.97 Å². The average Bonchev–Trinajstić information content (AvgIpc) is 3.19. The molecule has 0 N–H and O–H groups in total. The highest BCUT2D eigenvalue weighted by Gasteiger charge is 2.21. The van der Waals surface area contributed by atoms with Crippen LogP contribution in [0.4, 0.5) is 5.69 Å². The molecule has 1 aromatic heterocycles. The minimum absolute atomic E-state index is 0.0395. The van der Waals surface area contributed by atoms with Gasteiger partial charge < -0.3 is 9.30 Å². The number of anilines is 1. The highest BCUT2D eigenvalue weighted by atomic mass is 35.5. The van der Waals surface area contributed by atoms with Gasteiger partial charge in [0.1, 0.15) is 6.54 Å². The molecule has 0 unspecified atom stereocenters. The van der Waals surface area contributed by atoms with Crippen molar-refractivity contribution in [3.8, 4) is 0 Å². The number of halogens is 1. The summed E-state index contributed by atoms with van der Waals surface area (Å²) < 4.78 is 34.2. The van der Waals surface area contributed by atoms with E-state index >= 15 is 0 Å². The third-order valence-electron chi connectivity index (χ3n) is 5.24. The summed E-state index contributed by atoms with van der Waals surface area (Å²) in [6, 6.07) is 19.4. The number of hydrogen-bond donors (Lipinski definition) is 0. The molecule has 35 heavy (non-hydrogen) atoms. The van der Waals surface area contributed by atoms with E-state index in [1.807, 2.05) is 0 Å². The molecule has 0 spiro atoms. The lowest BCUT2D eigenvalue weighted by Crippen LogP contribution is -2.26. The third kappa shape index (κ3) is 5.14. The fraction of sp³-hybridized carbons (Fsp3) is 0.125. The number of para-hydroxylation sites is 1. The Morgan fingerprint density at radius 2 is 1.74 bits per heavy atom. The number of methoxy groups -OCH3 is 1. The molecule has 0 bridgehead atoms. The number of amides is 1. The number of sulfonamides is 1. The van der Waals surface area contributed by atoms with Gasteiger partial charge in [-0.2, -0.15) is 4.99 Å². The largest absolute Gasteiger partial charge is 0.468 e. The van der Waals surface area contributed by atoms with E-state index in [0.717, 1.165) is 4.70 Å². The summed E-state index contributed by atoms with van der Waals surface area (Å²) in [6.45, 7) is -0.132. The molecule has 0 saturated heterocycles. The Kier molecular flexibility index (Phi) is 7.06. The smallest absolute Gasteiger partial charge is 0.325 e. The number of rotatable bonds is 6. The predicted molar refractivity (Wildman–Crippen MR) is 135 cm³/mol. The molecule has 4 aromatic rings. The van der Waals surface area contributed by atoms with E-state index in [2.05, 4.69) is 4.99 Å². The summed E-state index contributed by atoms with van der Waals surface area (Å²) in [6.07, 6.45) is 0. The maximum absolute atomic E-state index is 13.0. The molecule has 0 aliphatic rings. The summed E-state index contributed by atoms with van der Waals surface area (Å²) in [5, 5.41) is 0.513. The lowest BCUT2D eigenvalue weighted by Gasteiger charge is -2.19. The Balaban J connectivity index is 1.67. The van der Waals surface area contributed by atoms with Crippen LogP contribution in [0, 0.1) is 0 Å². The summed E-state index contributed by atoms with van der Waals surface area (Å²) >= 11 is 7.29. The number of carbonyl (C=O) groups excluding carboxylic acids is 2. The van der Waals surface area contributed by atoms with Crippen LogP contribution in [0.5, 0.6) is 0 Å². The molecule has 4 rings (SSSR count). The molecular formula is C24H20ClN3O5S2. The minimum atomic E-state index is -3.81. The Morgan fingerprint density at radius 3 is 2.40 bits per heavy atom. The number of nitrogens with zero attached hydrogens (tertiary/aromatic N) is 3. The Labute approximate surface area is 210 Å². The van der Waals surface area contributed by atoms with E-state index in [1.54, 1.807) is 53.1 Å². The molecule has 0 aliphatic carbocycles. The first-order chi connectivity index (χ1) is 16.7. The van der Waals surface area contributed by atoms with E-state index in [0.29, 0.717) is 16.2 Å². The zero-order chi connectivity index (χ0) is 25.2. The van der Waals surface area contributed by atoms with Crippen LogP contribution >= 0.6 is 22.9 Å². The van der Waals surface area contributed by atoms with E-state index in [-0.39, 0.29) is 21.8 Å². The molecular weight excluding hydrogens is 510 g/mol. The Bertz CT molecular complexity index is 1580. The first-order valence-electron chi connectivity index (χ1n) is 10.3. The van der Waals surface area contributed by atoms with Crippen LogP contribution in [0.1, 0.15) is 10.4 Å². The van der Waals surface area contributed by atoms with Gasteiger partial charge in [0.05, 0.1) is 27.9 Å². The zero-order valence-corrected chi connectivity index (χ0v) is 21.1. The van der Waals surface area contributed by atoms with E-state index < -0.39 is 21.9 Å². The predicted octanol–water partition coefficient (Wildman–Crippen LogP) is 4.10. The van der Waals surface area contributed by atoms with Crippen molar-refractivity contribution in [2.45, 2.75) is 11.4 Å². The second kappa shape index (κ2) is 10.0. The SMILES string of the molecule is COC(=O)Cn1c(=NC(=O)c2ccc(S(=O)(=O)N(C)c3ccccc3)cc2)sc2cc(Cl)ccc21. The number of fused-ring (bicyclic) bond motifs is 1. The van der Waals surface area contributed by atoms with Gasteiger partial charge in [0, 0.05) is 17.6 Å². The number of carbonyl (C=O) groups is 2. The first-order valence-corrected chi connectivity index (χ1v) is 12.9. The van der Waals surface area contributed by atoms with Gasteiger partial charge in [-0.15, -0.1) is 0 Å². The summed E-state index contributed by atoms with van der Waals surface area (Å²) in [5.41, 5.74) is 1.40. The fourth-order valence-electron chi connectivity index (χ4n) is 3.33. The molecule has 0 radical (unpaired) electrons. The van der Waals surface area contributed by atoms with Crippen molar-refractivity contribution < 1.29 is 22.7 Å². The number of hydrogen-bond acceptors (Lipinski definition) is 6. The molecule has 0 aliphatic heterocycles. The van der Waals surface area contributed by atoms with Crippen LogP contribution < -0.4 is 9.11 Å². The molecule has 0 fully saturated rings. The second-order valence-corrected chi connectivity index (χ2v) is 10.8. The first kappa shape index (κ1) is 24.6. The standard InChI is InChI=1S/C24H20ClN3O5S2/c1-27(18-6-4-3-5-7-18)35(31,32)19-11-8-16(9-12-19)23(30)26-24-28(15-22(29)33-2)20-13-10-17(25)14-21(20)34-24/h3-14H,15H2,1-2H3. The average molecular weight is 530 g/mol. The summed E-state index contributed by atoms with van der Waals surface area (Å²) in [4.78, 5) is 29.4. The molecule has 1 amide bonds. The maximum Gasteiger partial charge on any atom is 0.325 e. The lowest BCUT2D eigenvalue weighted by molar-refractivity contribution is -0.141. The van der Waals surface area contributed by atoms with Gasteiger partial charge in [0.2, 0.25) is 0 Å². The van der Waals surface area contributed by atoms with Gasteiger partial charge in [-0.3, -0.25) is 13.9 Å². The van der Waals surface area contributed by atoms with Crippen molar-refractivity contribution in [1.82, 2.24) is 4.57 Å². The zero-order valence-electron chi connectivity index (χ0n) is 18.7. The molecule has 1 heterocycles. The van der Waals surface area contributed by atoms with Crippen molar-refractivity contribution in [1.29, 1.82) is 0 Å². The van der Waals surface area contributed by atoms with E-state index in [4.69, 9.17) is 16.3 Å². The third-order valence-corrected chi connectivity index (χ3v) is 8.31. The number of thiazole rings is 1. The van der Waals surface area contributed by atoms with Crippen molar-refractivity contribution >= 4 is 60.7 Å². The molecule has 11 heteroatoms. The van der Waals surface area contributed by atoms with Crippen LogP contribution in [0.3, 0.4) is 0 Å². The lowest BCUT2D eigenvalue weighted by atomic mass is 10.2. The van der Waals surface area contributed by atoms with Crippen molar-refractivity contribution in [2.24, 2.45) is 4.99 Å². The maximum atomic E-state index is 13.0. The van der Waals surface area contributed by atoms with Gasteiger partial charge in [0.15, 0.2) is 4.80 Å². The van der Waals surface area contributed by atoms with Gasteiger partial charge in [-0.25, -0.2) is 8.42 Å².